The third-order valence-electron chi connectivity index (χ3n) is 3.76. The van der Waals surface area contributed by atoms with E-state index >= 15 is 0 Å². The first-order valence-electron chi connectivity index (χ1n) is 6.45. The van der Waals surface area contributed by atoms with Crippen LogP contribution >= 0.6 is 0 Å². The standard InChI is InChI=1S/C17H17NO/c1-10-5-6-15-14(17(10)19-4)9-13-7-11(2)12(3)8-16(13)18-15/h5-9H,1-4H3. The molecule has 0 fully saturated rings. The zero-order chi connectivity index (χ0) is 13.6. The predicted octanol–water partition coefficient (Wildman–Crippen LogP) is 4.32. The van der Waals surface area contributed by atoms with E-state index in [1.807, 2.05) is 0 Å². The summed E-state index contributed by atoms with van der Waals surface area (Å²) in [5.74, 6) is 0.921. The summed E-state index contributed by atoms with van der Waals surface area (Å²) in [5.41, 5.74) is 5.73. The zero-order valence-corrected chi connectivity index (χ0v) is 11.7. The van der Waals surface area contributed by atoms with E-state index < -0.39 is 0 Å². The van der Waals surface area contributed by atoms with Crippen LogP contribution in [0.3, 0.4) is 0 Å². The fraction of sp³-hybridized carbons (Fsp3) is 0.235. The molecule has 0 aliphatic heterocycles. The average Bonchev–Trinajstić information content (AvgIpc) is 2.38. The van der Waals surface area contributed by atoms with Crippen LogP contribution in [0.15, 0.2) is 30.3 Å². The van der Waals surface area contributed by atoms with Crippen molar-refractivity contribution in [3.63, 3.8) is 0 Å². The van der Waals surface area contributed by atoms with Crippen LogP contribution < -0.4 is 4.74 Å². The van der Waals surface area contributed by atoms with Crippen molar-refractivity contribution in [3.8, 4) is 5.75 Å². The van der Waals surface area contributed by atoms with Gasteiger partial charge in [0.25, 0.3) is 0 Å². The highest BCUT2D eigenvalue weighted by Gasteiger charge is 2.08. The number of aromatic nitrogens is 1. The number of benzene rings is 2. The van der Waals surface area contributed by atoms with Gasteiger partial charge in [-0.1, -0.05) is 6.07 Å². The second-order valence-corrected chi connectivity index (χ2v) is 5.10. The first-order chi connectivity index (χ1) is 9.10. The summed E-state index contributed by atoms with van der Waals surface area (Å²) in [6.07, 6.45) is 0. The molecule has 0 saturated heterocycles. The Morgan fingerprint density at radius 3 is 2.32 bits per heavy atom. The van der Waals surface area contributed by atoms with Crippen molar-refractivity contribution >= 4 is 21.8 Å². The van der Waals surface area contributed by atoms with Gasteiger partial charge in [0.15, 0.2) is 0 Å². The molecule has 3 rings (SSSR count). The molecule has 0 radical (unpaired) electrons. The molecule has 0 unspecified atom stereocenters. The summed E-state index contributed by atoms with van der Waals surface area (Å²) in [5, 5.41) is 2.25. The maximum absolute atomic E-state index is 5.52. The quantitative estimate of drug-likeness (QED) is 0.601. The molecule has 2 aromatic carbocycles. The molecule has 2 heteroatoms. The van der Waals surface area contributed by atoms with E-state index in [1.165, 1.54) is 16.5 Å². The molecule has 0 saturated carbocycles. The predicted molar refractivity (Wildman–Crippen MR) is 80.0 cm³/mol. The van der Waals surface area contributed by atoms with Crippen molar-refractivity contribution in [2.45, 2.75) is 20.8 Å². The number of hydrogen-bond donors (Lipinski definition) is 0. The summed E-state index contributed by atoms with van der Waals surface area (Å²) < 4.78 is 5.52. The molecule has 0 amide bonds. The van der Waals surface area contributed by atoms with Crippen molar-refractivity contribution in [2.24, 2.45) is 0 Å². The Balaban J connectivity index is 2.45. The number of fused-ring (bicyclic) bond motifs is 2. The number of ether oxygens (including phenoxy) is 1. The highest BCUT2D eigenvalue weighted by Crippen LogP contribution is 2.31. The minimum Gasteiger partial charge on any atom is -0.496 e. The third kappa shape index (κ3) is 1.84. The Bertz CT molecular complexity index is 790. The Morgan fingerprint density at radius 2 is 1.58 bits per heavy atom. The summed E-state index contributed by atoms with van der Waals surface area (Å²) in [4.78, 5) is 4.75. The van der Waals surface area contributed by atoms with E-state index in [2.05, 4.69) is 51.1 Å². The van der Waals surface area contributed by atoms with E-state index in [9.17, 15) is 0 Å². The van der Waals surface area contributed by atoms with Crippen molar-refractivity contribution in [1.82, 2.24) is 4.98 Å². The molecule has 3 aromatic rings. The largest absolute Gasteiger partial charge is 0.496 e. The minimum atomic E-state index is 0.921. The van der Waals surface area contributed by atoms with Gasteiger partial charge in [-0.25, -0.2) is 4.98 Å². The summed E-state index contributed by atoms with van der Waals surface area (Å²) in [7, 11) is 1.71. The van der Waals surface area contributed by atoms with Gasteiger partial charge in [0.1, 0.15) is 5.75 Å². The monoisotopic (exact) mass is 251 g/mol. The Morgan fingerprint density at radius 1 is 0.842 bits per heavy atom. The van der Waals surface area contributed by atoms with E-state index in [0.717, 1.165) is 27.7 Å². The molecule has 0 spiro atoms. The van der Waals surface area contributed by atoms with Gasteiger partial charge in [0, 0.05) is 10.8 Å². The Hall–Kier alpha value is -2.09. The van der Waals surface area contributed by atoms with Gasteiger partial charge >= 0.3 is 0 Å². The van der Waals surface area contributed by atoms with Crippen LogP contribution in [0.5, 0.6) is 5.75 Å². The molecule has 19 heavy (non-hydrogen) atoms. The molecular formula is C17H17NO. The number of aryl methyl sites for hydroxylation is 3. The smallest absolute Gasteiger partial charge is 0.131 e. The van der Waals surface area contributed by atoms with Crippen LogP contribution in [0.2, 0.25) is 0 Å². The SMILES string of the molecule is COc1c(C)ccc2nc3cc(C)c(C)cc3cc12. The summed E-state index contributed by atoms with van der Waals surface area (Å²) >= 11 is 0. The normalized spacial score (nSPS) is 11.2. The van der Waals surface area contributed by atoms with Crippen molar-refractivity contribution in [3.05, 3.63) is 47.0 Å². The van der Waals surface area contributed by atoms with E-state index in [0.29, 0.717) is 0 Å². The zero-order valence-electron chi connectivity index (χ0n) is 11.7. The number of rotatable bonds is 1. The number of methoxy groups -OCH3 is 1. The molecule has 1 heterocycles. The summed E-state index contributed by atoms with van der Waals surface area (Å²) in [6, 6.07) is 10.6. The number of hydrogen-bond acceptors (Lipinski definition) is 2. The van der Waals surface area contributed by atoms with Crippen LogP contribution in [0.25, 0.3) is 21.8 Å². The minimum absolute atomic E-state index is 0.921. The molecule has 2 nitrogen and oxygen atoms in total. The van der Waals surface area contributed by atoms with Crippen LogP contribution in [0.4, 0.5) is 0 Å². The van der Waals surface area contributed by atoms with E-state index in [1.54, 1.807) is 7.11 Å². The lowest BCUT2D eigenvalue weighted by atomic mass is 10.0. The van der Waals surface area contributed by atoms with Crippen LogP contribution in [-0.2, 0) is 0 Å². The van der Waals surface area contributed by atoms with Gasteiger partial charge in [0.05, 0.1) is 18.1 Å². The number of pyridine rings is 1. The fourth-order valence-electron chi connectivity index (χ4n) is 2.53. The molecule has 0 bridgehead atoms. The molecular weight excluding hydrogens is 234 g/mol. The molecule has 0 aliphatic rings. The third-order valence-corrected chi connectivity index (χ3v) is 3.76. The molecule has 0 atom stereocenters. The van der Waals surface area contributed by atoms with E-state index in [4.69, 9.17) is 9.72 Å². The highest BCUT2D eigenvalue weighted by molar-refractivity contribution is 5.97. The molecule has 0 N–H and O–H groups in total. The molecule has 0 aliphatic carbocycles. The van der Waals surface area contributed by atoms with E-state index in [-0.39, 0.29) is 0 Å². The van der Waals surface area contributed by atoms with Gasteiger partial charge in [-0.05, 0) is 61.7 Å². The highest BCUT2D eigenvalue weighted by atomic mass is 16.5. The maximum atomic E-state index is 5.52. The van der Waals surface area contributed by atoms with Gasteiger partial charge in [0.2, 0.25) is 0 Å². The van der Waals surface area contributed by atoms with Crippen LogP contribution in [0.1, 0.15) is 16.7 Å². The summed E-state index contributed by atoms with van der Waals surface area (Å²) in [6.45, 7) is 6.31. The second kappa shape index (κ2) is 4.23. The average molecular weight is 251 g/mol. The lowest BCUT2D eigenvalue weighted by Crippen LogP contribution is -1.92. The first kappa shape index (κ1) is 12.0. The maximum Gasteiger partial charge on any atom is 0.131 e. The Labute approximate surface area is 113 Å². The first-order valence-corrected chi connectivity index (χ1v) is 6.45. The lowest BCUT2D eigenvalue weighted by molar-refractivity contribution is 0.417. The van der Waals surface area contributed by atoms with Crippen molar-refractivity contribution < 1.29 is 4.74 Å². The van der Waals surface area contributed by atoms with Gasteiger partial charge in [-0.3, -0.25) is 0 Å². The fourth-order valence-corrected chi connectivity index (χ4v) is 2.53. The number of nitrogens with zero attached hydrogens (tertiary/aromatic N) is 1. The lowest BCUT2D eigenvalue weighted by Gasteiger charge is -2.10. The second-order valence-electron chi connectivity index (χ2n) is 5.10. The van der Waals surface area contributed by atoms with Crippen LogP contribution in [0, 0.1) is 20.8 Å². The molecule has 96 valence electrons. The topological polar surface area (TPSA) is 22.1 Å². The van der Waals surface area contributed by atoms with Gasteiger partial charge in [-0.15, -0.1) is 0 Å². The Kier molecular flexibility index (Phi) is 2.67. The van der Waals surface area contributed by atoms with Crippen LogP contribution in [-0.4, -0.2) is 12.1 Å². The van der Waals surface area contributed by atoms with Crippen molar-refractivity contribution in [1.29, 1.82) is 0 Å². The van der Waals surface area contributed by atoms with Crippen molar-refractivity contribution in [2.75, 3.05) is 7.11 Å². The van der Waals surface area contributed by atoms with Gasteiger partial charge < -0.3 is 4.74 Å². The molecule has 1 aromatic heterocycles. The van der Waals surface area contributed by atoms with Gasteiger partial charge in [-0.2, -0.15) is 0 Å².